The quantitative estimate of drug-likeness (QED) is 0.765. The van der Waals surface area contributed by atoms with E-state index in [1.54, 1.807) is 0 Å². The standard InChI is InChI=1S/C12H16O3/c1-8-4-10-11(5-9(8)2)15-12(3,6-13)7-14-10/h4-5,13H,6-7H2,1-3H3/t12-/m1/s1. The molecule has 3 heteroatoms. The van der Waals surface area contributed by atoms with E-state index in [0.717, 1.165) is 11.5 Å². The number of rotatable bonds is 1. The lowest BCUT2D eigenvalue weighted by atomic mass is 10.1. The van der Waals surface area contributed by atoms with Gasteiger partial charge in [-0.15, -0.1) is 0 Å². The molecule has 1 N–H and O–H groups in total. The summed E-state index contributed by atoms with van der Waals surface area (Å²) in [5.41, 5.74) is 1.74. The van der Waals surface area contributed by atoms with Crippen LogP contribution in [0, 0.1) is 13.8 Å². The molecule has 1 atom stereocenters. The first-order valence-electron chi connectivity index (χ1n) is 5.08. The lowest BCUT2D eigenvalue weighted by Gasteiger charge is -2.34. The van der Waals surface area contributed by atoms with Gasteiger partial charge in [-0.2, -0.15) is 0 Å². The predicted octanol–water partition coefficient (Wildman–Crippen LogP) is 1.83. The average Bonchev–Trinajstić information content (AvgIpc) is 2.21. The van der Waals surface area contributed by atoms with Crippen molar-refractivity contribution in [2.45, 2.75) is 26.4 Å². The molecule has 0 saturated carbocycles. The number of hydrogen-bond donors (Lipinski definition) is 1. The van der Waals surface area contributed by atoms with E-state index in [1.165, 1.54) is 11.1 Å². The average molecular weight is 208 g/mol. The molecule has 0 unspecified atom stereocenters. The molecule has 0 saturated heterocycles. The summed E-state index contributed by atoms with van der Waals surface area (Å²) in [5.74, 6) is 1.49. The largest absolute Gasteiger partial charge is 0.485 e. The molecule has 0 bridgehead atoms. The first-order chi connectivity index (χ1) is 7.04. The smallest absolute Gasteiger partial charge is 0.163 e. The molecule has 1 aromatic carbocycles. The monoisotopic (exact) mass is 208 g/mol. The normalized spacial score (nSPS) is 24.0. The molecule has 1 aromatic rings. The van der Waals surface area contributed by atoms with Crippen LogP contribution in [0.1, 0.15) is 18.1 Å². The number of aliphatic hydroxyl groups excluding tert-OH is 1. The minimum absolute atomic E-state index is 0.0423. The van der Waals surface area contributed by atoms with Gasteiger partial charge in [0, 0.05) is 0 Å². The van der Waals surface area contributed by atoms with Gasteiger partial charge in [-0.1, -0.05) is 0 Å². The molecule has 15 heavy (non-hydrogen) atoms. The highest BCUT2D eigenvalue weighted by atomic mass is 16.6. The molecule has 2 rings (SSSR count). The van der Waals surface area contributed by atoms with E-state index >= 15 is 0 Å². The van der Waals surface area contributed by atoms with Gasteiger partial charge in [0.1, 0.15) is 6.61 Å². The summed E-state index contributed by atoms with van der Waals surface area (Å²) >= 11 is 0. The van der Waals surface area contributed by atoms with Crippen molar-refractivity contribution in [3.8, 4) is 11.5 Å². The maximum Gasteiger partial charge on any atom is 0.163 e. The number of aliphatic hydroxyl groups is 1. The van der Waals surface area contributed by atoms with Crippen LogP contribution in [0.15, 0.2) is 12.1 Å². The van der Waals surface area contributed by atoms with Crippen LogP contribution in [0.25, 0.3) is 0 Å². The Hall–Kier alpha value is -1.22. The molecule has 0 aliphatic carbocycles. The Kier molecular flexibility index (Phi) is 2.35. The maximum atomic E-state index is 9.19. The minimum atomic E-state index is -0.616. The predicted molar refractivity (Wildman–Crippen MR) is 57.5 cm³/mol. The van der Waals surface area contributed by atoms with Crippen LogP contribution >= 0.6 is 0 Å². The third kappa shape index (κ3) is 1.79. The maximum absolute atomic E-state index is 9.19. The molecule has 0 amide bonds. The number of hydrogen-bond acceptors (Lipinski definition) is 3. The van der Waals surface area contributed by atoms with Gasteiger partial charge in [0.2, 0.25) is 0 Å². The second-order valence-corrected chi connectivity index (χ2v) is 4.38. The molecular weight excluding hydrogens is 192 g/mol. The Morgan fingerprint density at radius 1 is 1.27 bits per heavy atom. The molecule has 0 fully saturated rings. The van der Waals surface area contributed by atoms with Gasteiger partial charge < -0.3 is 14.6 Å². The summed E-state index contributed by atoms with van der Waals surface area (Å²) in [6.07, 6.45) is 0. The lowest BCUT2D eigenvalue weighted by molar-refractivity contribution is -0.0337. The molecule has 0 radical (unpaired) electrons. The zero-order valence-corrected chi connectivity index (χ0v) is 9.33. The van der Waals surface area contributed by atoms with Gasteiger partial charge >= 0.3 is 0 Å². The van der Waals surface area contributed by atoms with E-state index in [9.17, 15) is 5.11 Å². The van der Waals surface area contributed by atoms with Crippen LogP contribution in [0.2, 0.25) is 0 Å². The van der Waals surface area contributed by atoms with Crippen LogP contribution in [-0.2, 0) is 0 Å². The molecule has 1 aliphatic rings. The number of aryl methyl sites for hydroxylation is 2. The van der Waals surface area contributed by atoms with Gasteiger partial charge in [-0.05, 0) is 44.0 Å². The number of ether oxygens (including phenoxy) is 2. The Labute approximate surface area is 89.6 Å². The summed E-state index contributed by atoms with van der Waals surface area (Å²) in [7, 11) is 0. The van der Waals surface area contributed by atoms with Crippen LogP contribution in [0.3, 0.4) is 0 Å². The first kappa shape index (κ1) is 10.3. The van der Waals surface area contributed by atoms with Crippen molar-refractivity contribution in [1.82, 2.24) is 0 Å². The first-order valence-corrected chi connectivity index (χ1v) is 5.08. The van der Waals surface area contributed by atoms with Crippen molar-refractivity contribution in [2.75, 3.05) is 13.2 Å². The third-order valence-electron chi connectivity index (χ3n) is 2.78. The van der Waals surface area contributed by atoms with Gasteiger partial charge in [0.25, 0.3) is 0 Å². The minimum Gasteiger partial charge on any atom is -0.485 e. The summed E-state index contributed by atoms with van der Waals surface area (Å²) in [5, 5.41) is 9.19. The molecule has 1 heterocycles. The van der Waals surface area contributed by atoms with Crippen LogP contribution < -0.4 is 9.47 Å². The van der Waals surface area contributed by atoms with Gasteiger partial charge in [-0.3, -0.25) is 0 Å². The van der Waals surface area contributed by atoms with E-state index < -0.39 is 5.60 Å². The third-order valence-corrected chi connectivity index (χ3v) is 2.78. The molecule has 0 aromatic heterocycles. The van der Waals surface area contributed by atoms with E-state index in [-0.39, 0.29) is 6.61 Å². The van der Waals surface area contributed by atoms with Crippen LogP contribution in [0.4, 0.5) is 0 Å². The zero-order chi connectivity index (χ0) is 11.1. The SMILES string of the molecule is Cc1cc2c(cc1C)O[C@](C)(CO)CO2. The Morgan fingerprint density at radius 2 is 1.87 bits per heavy atom. The van der Waals surface area contributed by atoms with Crippen molar-refractivity contribution in [2.24, 2.45) is 0 Å². The fourth-order valence-electron chi connectivity index (χ4n) is 1.56. The van der Waals surface area contributed by atoms with E-state index in [0.29, 0.717) is 6.61 Å². The Balaban J connectivity index is 2.38. The van der Waals surface area contributed by atoms with Crippen molar-refractivity contribution < 1.29 is 14.6 Å². The van der Waals surface area contributed by atoms with Crippen LogP contribution in [-0.4, -0.2) is 23.9 Å². The topological polar surface area (TPSA) is 38.7 Å². The Morgan fingerprint density at radius 3 is 2.47 bits per heavy atom. The van der Waals surface area contributed by atoms with E-state index in [1.807, 2.05) is 32.9 Å². The molecule has 3 nitrogen and oxygen atoms in total. The fourth-order valence-corrected chi connectivity index (χ4v) is 1.56. The van der Waals surface area contributed by atoms with E-state index in [4.69, 9.17) is 9.47 Å². The van der Waals surface area contributed by atoms with Crippen molar-refractivity contribution in [3.63, 3.8) is 0 Å². The van der Waals surface area contributed by atoms with Crippen molar-refractivity contribution in [3.05, 3.63) is 23.3 Å². The van der Waals surface area contributed by atoms with Gasteiger partial charge in [-0.25, -0.2) is 0 Å². The van der Waals surface area contributed by atoms with Crippen molar-refractivity contribution >= 4 is 0 Å². The Bertz CT molecular complexity index is 387. The van der Waals surface area contributed by atoms with Crippen molar-refractivity contribution in [1.29, 1.82) is 0 Å². The molecule has 1 aliphatic heterocycles. The van der Waals surface area contributed by atoms with Gasteiger partial charge in [0.05, 0.1) is 6.61 Å². The highest BCUT2D eigenvalue weighted by Crippen LogP contribution is 2.37. The summed E-state index contributed by atoms with van der Waals surface area (Å²) in [6.45, 7) is 6.26. The number of benzene rings is 1. The summed E-state index contributed by atoms with van der Waals surface area (Å²) in [6, 6.07) is 3.93. The summed E-state index contributed by atoms with van der Waals surface area (Å²) < 4.78 is 11.3. The molecule has 82 valence electrons. The van der Waals surface area contributed by atoms with Crippen LogP contribution in [0.5, 0.6) is 11.5 Å². The van der Waals surface area contributed by atoms with E-state index in [2.05, 4.69) is 0 Å². The molecular formula is C12H16O3. The second kappa shape index (κ2) is 3.42. The summed E-state index contributed by atoms with van der Waals surface area (Å²) in [4.78, 5) is 0. The molecule has 0 spiro atoms. The number of fused-ring (bicyclic) bond motifs is 1. The second-order valence-electron chi connectivity index (χ2n) is 4.38. The fraction of sp³-hybridized carbons (Fsp3) is 0.500. The van der Waals surface area contributed by atoms with Gasteiger partial charge in [0.15, 0.2) is 17.1 Å². The zero-order valence-electron chi connectivity index (χ0n) is 9.33. The highest BCUT2D eigenvalue weighted by Gasteiger charge is 2.32. The highest BCUT2D eigenvalue weighted by molar-refractivity contribution is 5.47. The lowest BCUT2D eigenvalue weighted by Crippen LogP contribution is -2.45.